The summed E-state index contributed by atoms with van der Waals surface area (Å²) in [5.41, 5.74) is 1.76. The Labute approximate surface area is 142 Å². The summed E-state index contributed by atoms with van der Waals surface area (Å²) in [5.74, 6) is 0.853. The fraction of sp³-hybridized carbons (Fsp3) is 0.500. The lowest BCUT2D eigenvalue weighted by Gasteiger charge is -2.35. The van der Waals surface area contributed by atoms with Crippen LogP contribution in [0.5, 0.6) is 0 Å². The maximum atomic E-state index is 13.0. The standard InChI is InChI=1S/C18H25FN4O/c1-13-10-18(22(2)21-13)23-9-3-4-16(12-23)20-11-17(24)14-5-7-15(19)8-6-14/h5-8,10,16-17,20,24H,3-4,9,11-12H2,1-2H3. The Balaban J connectivity index is 1.55. The van der Waals surface area contributed by atoms with Crippen LogP contribution in [0.25, 0.3) is 0 Å². The lowest BCUT2D eigenvalue weighted by atomic mass is 10.0. The van der Waals surface area contributed by atoms with Crippen LogP contribution in [0.1, 0.15) is 30.2 Å². The molecule has 0 saturated carbocycles. The average Bonchev–Trinajstić information content (AvgIpc) is 2.92. The summed E-state index contributed by atoms with van der Waals surface area (Å²) in [6.45, 7) is 4.39. The predicted octanol–water partition coefficient (Wildman–Crippen LogP) is 2.16. The van der Waals surface area contributed by atoms with Gasteiger partial charge in [0.05, 0.1) is 11.8 Å². The van der Waals surface area contributed by atoms with Crippen molar-refractivity contribution in [3.05, 3.63) is 47.4 Å². The van der Waals surface area contributed by atoms with Gasteiger partial charge in [0.15, 0.2) is 0 Å². The van der Waals surface area contributed by atoms with Crippen molar-refractivity contribution >= 4 is 5.82 Å². The van der Waals surface area contributed by atoms with Gasteiger partial charge in [-0.3, -0.25) is 4.68 Å². The molecule has 6 heteroatoms. The molecule has 0 amide bonds. The van der Waals surface area contributed by atoms with Crippen molar-refractivity contribution in [2.45, 2.75) is 31.9 Å². The maximum Gasteiger partial charge on any atom is 0.126 e. The van der Waals surface area contributed by atoms with Crippen molar-refractivity contribution in [1.82, 2.24) is 15.1 Å². The fourth-order valence-corrected chi connectivity index (χ4v) is 3.33. The molecule has 1 aliphatic heterocycles. The smallest absolute Gasteiger partial charge is 0.126 e. The number of aromatic nitrogens is 2. The molecule has 3 rings (SSSR count). The predicted molar refractivity (Wildman–Crippen MR) is 92.5 cm³/mol. The Kier molecular flexibility index (Phi) is 5.16. The summed E-state index contributed by atoms with van der Waals surface area (Å²) in [6, 6.07) is 8.46. The van der Waals surface area contributed by atoms with E-state index in [-0.39, 0.29) is 5.82 Å². The third kappa shape index (κ3) is 3.94. The minimum atomic E-state index is -0.625. The minimum Gasteiger partial charge on any atom is -0.387 e. The Morgan fingerprint density at radius 1 is 1.38 bits per heavy atom. The van der Waals surface area contributed by atoms with E-state index < -0.39 is 6.10 Å². The summed E-state index contributed by atoms with van der Waals surface area (Å²) < 4.78 is 14.9. The van der Waals surface area contributed by atoms with Crippen molar-refractivity contribution in [1.29, 1.82) is 0 Å². The number of hydrogen-bond acceptors (Lipinski definition) is 4. The van der Waals surface area contributed by atoms with Gasteiger partial charge in [-0.2, -0.15) is 5.10 Å². The molecule has 0 spiro atoms. The van der Waals surface area contributed by atoms with Gasteiger partial charge in [0.1, 0.15) is 11.6 Å². The number of benzene rings is 1. The van der Waals surface area contributed by atoms with E-state index in [1.165, 1.54) is 12.1 Å². The number of piperidine rings is 1. The van der Waals surface area contributed by atoms with Crippen molar-refractivity contribution in [2.75, 3.05) is 24.5 Å². The van der Waals surface area contributed by atoms with Crippen molar-refractivity contribution < 1.29 is 9.50 Å². The number of halogens is 1. The van der Waals surface area contributed by atoms with Crippen LogP contribution in [0.3, 0.4) is 0 Å². The molecule has 24 heavy (non-hydrogen) atoms. The molecule has 2 heterocycles. The molecular weight excluding hydrogens is 307 g/mol. The van der Waals surface area contributed by atoms with Gasteiger partial charge in [0, 0.05) is 38.8 Å². The number of anilines is 1. The van der Waals surface area contributed by atoms with Crippen molar-refractivity contribution in [2.24, 2.45) is 7.05 Å². The Bertz CT molecular complexity index is 670. The molecule has 1 aromatic heterocycles. The van der Waals surface area contributed by atoms with E-state index >= 15 is 0 Å². The summed E-state index contributed by atoms with van der Waals surface area (Å²) in [7, 11) is 1.97. The number of aliphatic hydroxyl groups is 1. The van der Waals surface area contributed by atoms with Gasteiger partial charge in [-0.1, -0.05) is 12.1 Å². The van der Waals surface area contributed by atoms with E-state index in [1.807, 2.05) is 18.7 Å². The number of nitrogens with one attached hydrogen (secondary N) is 1. The third-order valence-electron chi connectivity index (χ3n) is 4.58. The summed E-state index contributed by atoms with van der Waals surface area (Å²) >= 11 is 0. The average molecular weight is 332 g/mol. The first kappa shape index (κ1) is 16.9. The van der Waals surface area contributed by atoms with Crippen LogP contribution in [0, 0.1) is 12.7 Å². The van der Waals surface area contributed by atoms with E-state index in [9.17, 15) is 9.50 Å². The molecule has 2 unspecified atom stereocenters. The highest BCUT2D eigenvalue weighted by Gasteiger charge is 2.22. The molecule has 0 radical (unpaired) electrons. The number of hydrogen-bond donors (Lipinski definition) is 2. The summed E-state index contributed by atoms with van der Waals surface area (Å²) in [5, 5.41) is 18.1. The molecule has 2 atom stereocenters. The number of rotatable bonds is 5. The van der Waals surface area contributed by atoms with Crippen LogP contribution in [0.4, 0.5) is 10.2 Å². The SMILES string of the molecule is Cc1cc(N2CCCC(NCC(O)c3ccc(F)cc3)C2)n(C)n1. The first-order chi connectivity index (χ1) is 11.5. The lowest BCUT2D eigenvalue weighted by Crippen LogP contribution is -2.47. The van der Waals surface area contributed by atoms with Gasteiger partial charge in [0.2, 0.25) is 0 Å². The zero-order valence-electron chi connectivity index (χ0n) is 14.2. The Hall–Kier alpha value is -1.92. The topological polar surface area (TPSA) is 53.3 Å². The quantitative estimate of drug-likeness (QED) is 0.881. The van der Waals surface area contributed by atoms with Crippen LogP contribution in [0.15, 0.2) is 30.3 Å². The maximum absolute atomic E-state index is 13.0. The van der Waals surface area contributed by atoms with Gasteiger partial charge in [-0.25, -0.2) is 4.39 Å². The highest BCUT2D eigenvalue weighted by molar-refractivity contribution is 5.41. The molecule has 130 valence electrons. The van der Waals surface area contributed by atoms with E-state index in [2.05, 4.69) is 21.4 Å². The normalized spacial score (nSPS) is 19.5. The molecule has 0 bridgehead atoms. The lowest BCUT2D eigenvalue weighted by molar-refractivity contribution is 0.167. The molecule has 2 N–H and O–H groups in total. The molecule has 5 nitrogen and oxygen atoms in total. The summed E-state index contributed by atoms with van der Waals surface area (Å²) in [4.78, 5) is 2.34. The second-order valence-electron chi connectivity index (χ2n) is 6.53. The van der Waals surface area contributed by atoms with Crippen LogP contribution in [-0.4, -0.2) is 40.6 Å². The molecular formula is C18H25FN4O. The van der Waals surface area contributed by atoms with Gasteiger partial charge < -0.3 is 15.3 Å². The molecule has 1 fully saturated rings. The number of aliphatic hydroxyl groups excluding tert-OH is 1. The third-order valence-corrected chi connectivity index (χ3v) is 4.58. The number of nitrogens with zero attached hydrogens (tertiary/aromatic N) is 3. The van der Waals surface area contributed by atoms with Gasteiger partial charge in [-0.15, -0.1) is 0 Å². The van der Waals surface area contributed by atoms with Gasteiger partial charge in [0.25, 0.3) is 0 Å². The minimum absolute atomic E-state index is 0.284. The molecule has 1 aromatic carbocycles. The molecule has 2 aromatic rings. The zero-order valence-corrected chi connectivity index (χ0v) is 14.2. The van der Waals surface area contributed by atoms with Crippen LogP contribution >= 0.6 is 0 Å². The Morgan fingerprint density at radius 2 is 2.12 bits per heavy atom. The van der Waals surface area contributed by atoms with Crippen molar-refractivity contribution in [3.63, 3.8) is 0 Å². The van der Waals surface area contributed by atoms with E-state index in [0.717, 1.165) is 43.0 Å². The monoisotopic (exact) mass is 332 g/mol. The van der Waals surface area contributed by atoms with Crippen molar-refractivity contribution in [3.8, 4) is 0 Å². The highest BCUT2D eigenvalue weighted by Crippen LogP contribution is 2.21. The fourth-order valence-electron chi connectivity index (χ4n) is 3.33. The van der Waals surface area contributed by atoms with E-state index in [4.69, 9.17) is 0 Å². The van der Waals surface area contributed by atoms with Crippen LogP contribution < -0.4 is 10.2 Å². The molecule has 1 saturated heterocycles. The van der Waals surface area contributed by atoms with Gasteiger partial charge >= 0.3 is 0 Å². The van der Waals surface area contributed by atoms with E-state index in [0.29, 0.717) is 12.6 Å². The zero-order chi connectivity index (χ0) is 17.1. The van der Waals surface area contributed by atoms with E-state index in [1.54, 1.807) is 12.1 Å². The first-order valence-corrected chi connectivity index (χ1v) is 8.45. The molecule has 1 aliphatic rings. The highest BCUT2D eigenvalue weighted by atomic mass is 19.1. The second kappa shape index (κ2) is 7.32. The first-order valence-electron chi connectivity index (χ1n) is 8.45. The number of aryl methyl sites for hydroxylation is 2. The largest absolute Gasteiger partial charge is 0.387 e. The van der Waals surface area contributed by atoms with Gasteiger partial charge in [-0.05, 0) is 37.5 Å². The Morgan fingerprint density at radius 3 is 2.79 bits per heavy atom. The second-order valence-corrected chi connectivity index (χ2v) is 6.53. The summed E-state index contributed by atoms with van der Waals surface area (Å²) in [6.07, 6.45) is 1.57. The molecule has 0 aliphatic carbocycles. The van der Waals surface area contributed by atoms with Crippen LogP contribution in [0.2, 0.25) is 0 Å². The van der Waals surface area contributed by atoms with Crippen LogP contribution in [-0.2, 0) is 7.05 Å².